The number of hydrazone groups is 1. The van der Waals surface area contributed by atoms with Gasteiger partial charge in [0.2, 0.25) is 0 Å². The number of rotatable bonds is 8. The summed E-state index contributed by atoms with van der Waals surface area (Å²) in [5, 5.41) is 7.79. The molecule has 2 aromatic rings. The third kappa shape index (κ3) is 3.98. The van der Waals surface area contributed by atoms with E-state index in [4.69, 9.17) is 15.9 Å². The van der Waals surface area contributed by atoms with E-state index in [1.807, 2.05) is 44.2 Å². The van der Waals surface area contributed by atoms with Gasteiger partial charge in [-0.05, 0) is 42.7 Å². The Morgan fingerprint density at radius 1 is 1.13 bits per heavy atom. The Morgan fingerprint density at radius 3 is 2.57 bits per heavy atom. The highest BCUT2D eigenvalue weighted by atomic mass is 16.5. The average Bonchev–Trinajstić information content (AvgIpc) is 3.02. The van der Waals surface area contributed by atoms with Crippen LogP contribution in [0.15, 0.2) is 53.6 Å². The number of carbonyl (C=O) groups excluding carboxylic acids is 2. The molecule has 0 aromatic heterocycles. The first-order valence-electron chi connectivity index (χ1n) is 9.65. The summed E-state index contributed by atoms with van der Waals surface area (Å²) in [6.07, 6.45) is 7.08. The van der Waals surface area contributed by atoms with Crippen LogP contribution in [-0.4, -0.2) is 36.4 Å². The predicted octanol–water partition coefficient (Wildman–Crippen LogP) is 3.29. The predicted molar refractivity (Wildman–Crippen MR) is 113 cm³/mol. The van der Waals surface area contributed by atoms with Crippen molar-refractivity contribution in [2.75, 3.05) is 13.2 Å². The Kier molecular flexibility index (Phi) is 6.38. The standard InChI is InChI=1S/C23H23N3O4/c1-4-14-30-19-13-12-17(15-20(19)29-6-3)16-24-26-21(27)23(5-2,25-22(26)28)18-10-8-7-9-11-18/h1,7-13,15-16H,5-6,14H2,2-3H3,(H,25,28)/b24-16-/t23-/m1/s1. The maximum Gasteiger partial charge on any atom is 0.346 e. The zero-order valence-corrected chi connectivity index (χ0v) is 16.9. The van der Waals surface area contributed by atoms with Crippen LogP contribution in [0.25, 0.3) is 0 Å². The fraction of sp³-hybridized carbons (Fsp3) is 0.261. The molecule has 3 amide bonds. The van der Waals surface area contributed by atoms with Crippen LogP contribution >= 0.6 is 0 Å². The van der Waals surface area contributed by atoms with E-state index in [0.29, 0.717) is 30.1 Å². The van der Waals surface area contributed by atoms with E-state index < -0.39 is 17.5 Å². The number of ether oxygens (including phenoxy) is 2. The summed E-state index contributed by atoms with van der Waals surface area (Å²) in [7, 11) is 0. The molecule has 154 valence electrons. The van der Waals surface area contributed by atoms with Crippen molar-refractivity contribution >= 4 is 18.2 Å². The van der Waals surface area contributed by atoms with Crippen LogP contribution < -0.4 is 14.8 Å². The number of hydrogen-bond donors (Lipinski definition) is 1. The second-order valence-corrected chi connectivity index (χ2v) is 6.55. The van der Waals surface area contributed by atoms with Crippen molar-refractivity contribution in [3.8, 4) is 23.8 Å². The summed E-state index contributed by atoms with van der Waals surface area (Å²) in [6.45, 7) is 4.26. The molecule has 0 bridgehead atoms. The quantitative estimate of drug-likeness (QED) is 0.415. The Hall–Kier alpha value is -3.79. The minimum absolute atomic E-state index is 0.120. The molecule has 1 fully saturated rings. The monoisotopic (exact) mass is 405 g/mol. The molecule has 1 atom stereocenters. The number of benzene rings is 2. The van der Waals surface area contributed by atoms with E-state index in [-0.39, 0.29) is 6.61 Å². The summed E-state index contributed by atoms with van der Waals surface area (Å²) >= 11 is 0. The van der Waals surface area contributed by atoms with Crippen molar-refractivity contribution < 1.29 is 19.1 Å². The number of nitrogens with one attached hydrogen (secondary N) is 1. The van der Waals surface area contributed by atoms with Crippen molar-refractivity contribution in [2.24, 2.45) is 5.10 Å². The molecule has 30 heavy (non-hydrogen) atoms. The minimum Gasteiger partial charge on any atom is -0.490 e. The van der Waals surface area contributed by atoms with Gasteiger partial charge in [-0.2, -0.15) is 5.10 Å². The first kappa shape index (κ1) is 20.9. The number of nitrogens with zero attached hydrogens (tertiary/aromatic N) is 2. The van der Waals surface area contributed by atoms with Gasteiger partial charge in [-0.1, -0.05) is 43.2 Å². The smallest absolute Gasteiger partial charge is 0.346 e. The zero-order valence-electron chi connectivity index (χ0n) is 16.9. The van der Waals surface area contributed by atoms with Crippen LogP contribution in [0.1, 0.15) is 31.4 Å². The minimum atomic E-state index is -1.13. The molecule has 0 unspecified atom stereocenters. The maximum absolute atomic E-state index is 13.1. The molecular formula is C23H23N3O4. The highest BCUT2D eigenvalue weighted by Crippen LogP contribution is 2.33. The van der Waals surface area contributed by atoms with Crippen molar-refractivity contribution in [3.05, 3.63) is 59.7 Å². The van der Waals surface area contributed by atoms with Gasteiger partial charge in [-0.15, -0.1) is 11.4 Å². The molecule has 1 saturated heterocycles. The van der Waals surface area contributed by atoms with Crippen LogP contribution in [-0.2, 0) is 10.3 Å². The molecule has 1 aliphatic rings. The van der Waals surface area contributed by atoms with Gasteiger partial charge in [0.25, 0.3) is 5.91 Å². The number of amides is 3. The van der Waals surface area contributed by atoms with Gasteiger partial charge in [-0.3, -0.25) is 4.79 Å². The van der Waals surface area contributed by atoms with Crippen molar-refractivity contribution in [1.82, 2.24) is 10.3 Å². The normalized spacial score (nSPS) is 18.4. The third-order valence-electron chi connectivity index (χ3n) is 4.77. The highest BCUT2D eigenvalue weighted by molar-refractivity contribution is 6.07. The van der Waals surface area contributed by atoms with E-state index >= 15 is 0 Å². The number of carbonyl (C=O) groups is 2. The molecular weight excluding hydrogens is 382 g/mol. The van der Waals surface area contributed by atoms with Crippen molar-refractivity contribution in [1.29, 1.82) is 0 Å². The topological polar surface area (TPSA) is 80.2 Å². The maximum atomic E-state index is 13.1. The molecule has 0 spiro atoms. The molecule has 1 N–H and O–H groups in total. The fourth-order valence-corrected chi connectivity index (χ4v) is 3.27. The molecule has 0 aliphatic carbocycles. The molecule has 0 saturated carbocycles. The molecule has 3 rings (SSSR count). The van der Waals surface area contributed by atoms with Crippen LogP contribution in [0.3, 0.4) is 0 Å². The lowest BCUT2D eigenvalue weighted by Crippen LogP contribution is -2.43. The van der Waals surface area contributed by atoms with Gasteiger partial charge >= 0.3 is 6.03 Å². The SMILES string of the molecule is C#CCOc1ccc(/C=N\N2C(=O)N[C@](CC)(c3ccccc3)C2=O)cc1OCC. The summed E-state index contributed by atoms with van der Waals surface area (Å²) in [5.41, 5.74) is 0.233. The van der Waals surface area contributed by atoms with Crippen LogP contribution in [0.4, 0.5) is 4.79 Å². The number of imide groups is 1. The molecule has 7 nitrogen and oxygen atoms in total. The highest BCUT2D eigenvalue weighted by Gasteiger charge is 2.51. The molecule has 7 heteroatoms. The molecule has 0 radical (unpaired) electrons. The fourth-order valence-electron chi connectivity index (χ4n) is 3.27. The summed E-state index contributed by atoms with van der Waals surface area (Å²) < 4.78 is 11.0. The molecule has 1 heterocycles. The second-order valence-electron chi connectivity index (χ2n) is 6.55. The first-order valence-corrected chi connectivity index (χ1v) is 9.65. The van der Waals surface area contributed by atoms with Gasteiger partial charge in [0.1, 0.15) is 12.1 Å². The van der Waals surface area contributed by atoms with Gasteiger partial charge < -0.3 is 14.8 Å². The Morgan fingerprint density at radius 2 is 1.90 bits per heavy atom. The number of urea groups is 1. The lowest BCUT2D eigenvalue weighted by molar-refractivity contribution is -0.131. The van der Waals surface area contributed by atoms with Crippen molar-refractivity contribution in [2.45, 2.75) is 25.8 Å². The van der Waals surface area contributed by atoms with Gasteiger partial charge in [-0.25, -0.2) is 4.79 Å². The van der Waals surface area contributed by atoms with Crippen LogP contribution in [0.5, 0.6) is 11.5 Å². The van der Waals surface area contributed by atoms with Crippen LogP contribution in [0.2, 0.25) is 0 Å². The zero-order chi connectivity index (χ0) is 21.6. The average molecular weight is 405 g/mol. The van der Waals surface area contributed by atoms with E-state index in [0.717, 1.165) is 10.6 Å². The summed E-state index contributed by atoms with van der Waals surface area (Å²) in [4.78, 5) is 25.6. The summed E-state index contributed by atoms with van der Waals surface area (Å²) in [6, 6.07) is 13.7. The van der Waals surface area contributed by atoms with Crippen LogP contribution in [0, 0.1) is 12.3 Å². The first-order chi connectivity index (χ1) is 14.6. The van der Waals surface area contributed by atoms with Gasteiger partial charge in [0.05, 0.1) is 12.8 Å². The summed E-state index contributed by atoms with van der Waals surface area (Å²) in [5.74, 6) is 3.00. The second kappa shape index (κ2) is 9.14. The lowest BCUT2D eigenvalue weighted by Gasteiger charge is -2.24. The molecule has 2 aromatic carbocycles. The number of hydrogen-bond acceptors (Lipinski definition) is 5. The molecule has 1 aliphatic heterocycles. The van der Waals surface area contributed by atoms with E-state index in [2.05, 4.69) is 16.3 Å². The van der Waals surface area contributed by atoms with Crippen molar-refractivity contribution in [3.63, 3.8) is 0 Å². The van der Waals surface area contributed by atoms with E-state index in [9.17, 15) is 9.59 Å². The Labute approximate surface area is 175 Å². The Bertz CT molecular complexity index is 997. The lowest BCUT2D eigenvalue weighted by atomic mass is 9.87. The van der Waals surface area contributed by atoms with E-state index in [1.54, 1.807) is 18.2 Å². The van der Waals surface area contributed by atoms with Gasteiger partial charge in [0.15, 0.2) is 11.5 Å². The third-order valence-corrected chi connectivity index (χ3v) is 4.77. The number of terminal acetylenes is 1. The Balaban J connectivity index is 1.85. The van der Waals surface area contributed by atoms with Gasteiger partial charge in [0, 0.05) is 0 Å². The largest absolute Gasteiger partial charge is 0.490 e. The van der Waals surface area contributed by atoms with E-state index in [1.165, 1.54) is 6.21 Å².